The first-order valence-electron chi connectivity index (χ1n) is 7.11. The Hall–Kier alpha value is -0.420. The maximum Gasteiger partial charge on any atom is 0.0949 e. The number of hydrogen-bond acceptors (Lipinski definition) is 3. The van der Waals surface area contributed by atoms with Crippen molar-refractivity contribution in [2.45, 2.75) is 38.9 Å². The smallest absolute Gasteiger partial charge is 0.0949 e. The van der Waals surface area contributed by atoms with Crippen molar-refractivity contribution in [2.24, 2.45) is 0 Å². The predicted molar refractivity (Wildman–Crippen MR) is 87.1 cm³/mol. The predicted octanol–water partition coefficient (Wildman–Crippen LogP) is 3.93. The van der Waals surface area contributed by atoms with Gasteiger partial charge in [0, 0.05) is 18.1 Å². The van der Waals surface area contributed by atoms with Gasteiger partial charge in [-0.3, -0.25) is 0 Å². The van der Waals surface area contributed by atoms with Crippen LogP contribution in [0, 0.1) is 0 Å². The standard InChI is InChI=1S/C16H26BrNO2/c1-5-18-12-15(13-7-6-8-14(17)11-13)20-10-9-16(2,3)19-4/h6-8,11,15,18H,5,9-10,12H2,1-4H3. The molecule has 4 heteroatoms. The molecule has 0 aliphatic rings. The normalized spacial score (nSPS) is 13.4. The lowest BCUT2D eigenvalue weighted by Gasteiger charge is -2.25. The fraction of sp³-hybridized carbons (Fsp3) is 0.625. The lowest BCUT2D eigenvalue weighted by Crippen LogP contribution is -2.27. The van der Waals surface area contributed by atoms with Crippen LogP contribution in [-0.4, -0.2) is 32.4 Å². The van der Waals surface area contributed by atoms with E-state index in [1.54, 1.807) is 7.11 Å². The van der Waals surface area contributed by atoms with Crippen molar-refractivity contribution < 1.29 is 9.47 Å². The van der Waals surface area contributed by atoms with Crippen molar-refractivity contribution in [1.82, 2.24) is 5.32 Å². The molecule has 1 rings (SSSR count). The molecule has 0 heterocycles. The highest BCUT2D eigenvalue weighted by Gasteiger charge is 2.18. The second-order valence-electron chi connectivity index (χ2n) is 5.44. The zero-order valence-corrected chi connectivity index (χ0v) is 14.5. The molecule has 114 valence electrons. The van der Waals surface area contributed by atoms with E-state index >= 15 is 0 Å². The van der Waals surface area contributed by atoms with E-state index < -0.39 is 0 Å². The Bertz CT molecular complexity index is 396. The molecule has 0 amide bonds. The summed E-state index contributed by atoms with van der Waals surface area (Å²) in [5.74, 6) is 0. The van der Waals surface area contributed by atoms with Crippen LogP contribution < -0.4 is 5.32 Å². The monoisotopic (exact) mass is 343 g/mol. The Labute approximate surface area is 131 Å². The molecule has 0 radical (unpaired) electrons. The Morgan fingerprint density at radius 2 is 2.10 bits per heavy atom. The number of nitrogens with one attached hydrogen (secondary N) is 1. The van der Waals surface area contributed by atoms with E-state index in [1.165, 1.54) is 5.56 Å². The van der Waals surface area contributed by atoms with E-state index in [1.807, 2.05) is 12.1 Å². The van der Waals surface area contributed by atoms with Crippen LogP contribution in [0.3, 0.4) is 0 Å². The molecule has 3 nitrogen and oxygen atoms in total. The molecule has 1 unspecified atom stereocenters. The van der Waals surface area contributed by atoms with E-state index in [0.29, 0.717) is 6.61 Å². The maximum absolute atomic E-state index is 6.06. The van der Waals surface area contributed by atoms with Crippen LogP contribution in [0.15, 0.2) is 28.7 Å². The summed E-state index contributed by atoms with van der Waals surface area (Å²) in [6.07, 6.45) is 0.945. The minimum Gasteiger partial charge on any atom is -0.379 e. The molecule has 1 N–H and O–H groups in total. The van der Waals surface area contributed by atoms with Gasteiger partial charge < -0.3 is 14.8 Å². The van der Waals surface area contributed by atoms with Crippen LogP contribution in [0.4, 0.5) is 0 Å². The largest absolute Gasteiger partial charge is 0.379 e. The molecule has 0 spiro atoms. The maximum atomic E-state index is 6.06. The highest BCUT2D eigenvalue weighted by atomic mass is 79.9. The highest BCUT2D eigenvalue weighted by molar-refractivity contribution is 9.10. The summed E-state index contributed by atoms with van der Waals surface area (Å²) in [7, 11) is 1.74. The van der Waals surface area contributed by atoms with Gasteiger partial charge >= 0.3 is 0 Å². The molecular formula is C16H26BrNO2. The third kappa shape index (κ3) is 6.35. The van der Waals surface area contributed by atoms with Crippen LogP contribution in [-0.2, 0) is 9.47 Å². The summed E-state index contributed by atoms with van der Waals surface area (Å²) in [4.78, 5) is 0. The summed E-state index contributed by atoms with van der Waals surface area (Å²) < 4.78 is 12.6. The van der Waals surface area contributed by atoms with Crippen LogP contribution >= 0.6 is 15.9 Å². The minimum absolute atomic E-state index is 0.0695. The molecule has 0 fully saturated rings. The summed E-state index contributed by atoms with van der Waals surface area (Å²) in [5, 5.41) is 3.36. The fourth-order valence-corrected chi connectivity index (χ4v) is 2.22. The Kier molecular flexibility index (Phi) is 7.74. The lowest BCUT2D eigenvalue weighted by molar-refractivity contribution is -0.0271. The number of methoxy groups -OCH3 is 1. The van der Waals surface area contributed by atoms with E-state index in [4.69, 9.17) is 9.47 Å². The summed E-state index contributed by atoms with van der Waals surface area (Å²) in [6, 6.07) is 8.29. The molecule has 1 atom stereocenters. The number of hydrogen-bond donors (Lipinski definition) is 1. The fourth-order valence-electron chi connectivity index (χ4n) is 1.80. The molecule has 0 bridgehead atoms. The Morgan fingerprint density at radius 1 is 1.35 bits per heavy atom. The van der Waals surface area contributed by atoms with E-state index in [9.17, 15) is 0 Å². The lowest BCUT2D eigenvalue weighted by atomic mass is 10.1. The molecule has 0 aliphatic carbocycles. The quantitative estimate of drug-likeness (QED) is 0.736. The van der Waals surface area contributed by atoms with Crippen molar-refractivity contribution in [3.8, 4) is 0 Å². The SMILES string of the molecule is CCNCC(OCCC(C)(C)OC)c1cccc(Br)c1. The number of ether oxygens (including phenoxy) is 2. The van der Waals surface area contributed by atoms with E-state index in [0.717, 1.165) is 24.0 Å². The van der Waals surface area contributed by atoms with Crippen molar-refractivity contribution in [3.63, 3.8) is 0 Å². The molecule has 0 aliphatic heterocycles. The average Bonchev–Trinajstić information content (AvgIpc) is 2.42. The van der Waals surface area contributed by atoms with E-state index in [-0.39, 0.29) is 11.7 Å². The van der Waals surface area contributed by atoms with Crippen molar-refractivity contribution >= 4 is 15.9 Å². The number of benzene rings is 1. The number of rotatable bonds is 9. The zero-order chi connectivity index (χ0) is 15.0. The van der Waals surface area contributed by atoms with Crippen LogP contribution in [0.25, 0.3) is 0 Å². The number of halogens is 1. The van der Waals surface area contributed by atoms with Gasteiger partial charge in [0.1, 0.15) is 0 Å². The van der Waals surface area contributed by atoms with Gasteiger partial charge in [-0.15, -0.1) is 0 Å². The van der Waals surface area contributed by atoms with Gasteiger partial charge in [-0.1, -0.05) is 35.0 Å². The van der Waals surface area contributed by atoms with Gasteiger partial charge in [-0.05, 0) is 44.5 Å². The minimum atomic E-state index is -0.139. The molecule has 1 aromatic carbocycles. The number of likely N-dealkylation sites (N-methyl/N-ethyl adjacent to an activating group) is 1. The molecule has 20 heavy (non-hydrogen) atoms. The van der Waals surface area contributed by atoms with Crippen molar-refractivity contribution in [3.05, 3.63) is 34.3 Å². The summed E-state index contributed by atoms with van der Waals surface area (Å²) in [6.45, 7) is 8.71. The van der Waals surface area contributed by atoms with Crippen molar-refractivity contribution in [2.75, 3.05) is 26.8 Å². The first-order chi connectivity index (χ1) is 9.48. The third-order valence-corrected chi connectivity index (χ3v) is 3.87. The summed E-state index contributed by atoms with van der Waals surface area (Å²) in [5.41, 5.74) is 1.05. The van der Waals surface area contributed by atoms with Gasteiger partial charge in [0.2, 0.25) is 0 Å². The van der Waals surface area contributed by atoms with Crippen LogP contribution in [0.2, 0.25) is 0 Å². The average molecular weight is 344 g/mol. The summed E-state index contributed by atoms with van der Waals surface area (Å²) >= 11 is 3.51. The molecule has 1 aromatic rings. The van der Waals surface area contributed by atoms with E-state index in [2.05, 4.69) is 54.2 Å². The molecular weight excluding hydrogens is 318 g/mol. The van der Waals surface area contributed by atoms with Crippen LogP contribution in [0.5, 0.6) is 0 Å². The van der Waals surface area contributed by atoms with Gasteiger partial charge in [-0.2, -0.15) is 0 Å². The van der Waals surface area contributed by atoms with Gasteiger partial charge in [-0.25, -0.2) is 0 Å². The Morgan fingerprint density at radius 3 is 2.70 bits per heavy atom. The Balaban J connectivity index is 2.61. The highest BCUT2D eigenvalue weighted by Crippen LogP contribution is 2.22. The van der Waals surface area contributed by atoms with Gasteiger partial charge in [0.05, 0.1) is 18.3 Å². The second-order valence-corrected chi connectivity index (χ2v) is 6.35. The van der Waals surface area contributed by atoms with Crippen molar-refractivity contribution in [1.29, 1.82) is 0 Å². The molecule has 0 saturated carbocycles. The topological polar surface area (TPSA) is 30.5 Å². The second kappa shape index (κ2) is 8.78. The third-order valence-electron chi connectivity index (χ3n) is 3.38. The van der Waals surface area contributed by atoms with Crippen LogP contribution in [0.1, 0.15) is 38.9 Å². The molecule has 0 aromatic heterocycles. The van der Waals surface area contributed by atoms with Gasteiger partial charge in [0.15, 0.2) is 0 Å². The first kappa shape index (κ1) is 17.6. The molecule has 0 saturated heterocycles. The van der Waals surface area contributed by atoms with Gasteiger partial charge in [0.25, 0.3) is 0 Å². The first-order valence-corrected chi connectivity index (χ1v) is 7.90. The zero-order valence-electron chi connectivity index (χ0n) is 12.9.